The van der Waals surface area contributed by atoms with Crippen LogP contribution >= 0.6 is 0 Å². The lowest BCUT2D eigenvalue weighted by molar-refractivity contribution is -0.274. The first kappa shape index (κ1) is 24.1. The molecule has 1 unspecified atom stereocenters. The van der Waals surface area contributed by atoms with Crippen LogP contribution in [0, 0.1) is 0 Å². The van der Waals surface area contributed by atoms with Gasteiger partial charge in [-0.25, -0.2) is 9.97 Å². The molecule has 1 atom stereocenters. The summed E-state index contributed by atoms with van der Waals surface area (Å²) in [4.78, 5) is 9.30. The molecule has 0 aliphatic heterocycles. The number of methoxy groups -OCH3 is 3. The molecule has 3 aromatic rings. The highest BCUT2D eigenvalue weighted by Crippen LogP contribution is 2.39. The summed E-state index contributed by atoms with van der Waals surface area (Å²) in [5.74, 6) is 0.571. The van der Waals surface area contributed by atoms with Crippen LogP contribution in [0.5, 0.6) is 23.1 Å². The summed E-state index contributed by atoms with van der Waals surface area (Å²) in [6.45, 7) is 1.90. The van der Waals surface area contributed by atoms with Crippen molar-refractivity contribution in [1.29, 1.82) is 0 Å². The zero-order valence-corrected chi connectivity index (χ0v) is 18.6. The Morgan fingerprint density at radius 2 is 1.58 bits per heavy atom. The van der Waals surface area contributed by atoms with E-state index in [-0.39, 0.29) is 11.6 Å². The Bertz CT molecular complexity index is 1110. The van der Waals surface area contributed by atoms with E-state index in [2.05, 4.69) is 9.72 Å². The number of aryl methyl sites for hydroxylation is 1. The number of aromatic nitrogens is 2. The van der Waals surface area contributed by atoms with Crippen molar-refractivity contribution in [3.05, 3.63) is 59.4 Å². The average Bonchev–Trinajstić information content (AvgIpc) is 2.81. The lowest BCUT2D eigenvalue weighted by Crippen LogP contribution is -2.18. The molecule has 0 fully saturated rings. The molecule has 0 saturated heterocycles. The molecule has 0 saturated carbocycles. The normalized spacial score (nSPS) is 12.2. The minimum atomic E-state index is -4.82. The number of nitrogens with two attached hydrogens (primary N) is 1. The average molecular weight is 463 g/mol. The summed E-state index contributed by atoms with van der Waals surface area (Å²) in [5, 5.41) is 0. The van der Waals surface area contributed by atoms with Crippen molar-refractivity contribution in [3.8, 4) is 34.4 Å². The Balaban J connectivity index is 2.07. The number of rotatable bonds is 8. The Morgan fingerprint density at radius 3 is 2.12 bits per heavy atom. The van der Waals surface area contributed by atoms with Crippen LogP contribution in [0.15, 0.2) is 42.5 Å². The fraction of sp³-hybridized carbons (Fsp3) is 0.304. The first-order valence-corrected chi connectivity index (χ1v) is 9.99. The predicted octanol–water partition coefficient (Wildman–Crippen LogP) is 4.68. The summed E-state index contributed by atoms with van der Waals surface area (Å²) in [6, 6.07) is 10.4. The van der Waals surface area contributed by atoms with Crippen molar-refractivity contribution in [1.82, 2.24) is 9.97 Å². The zero-order chi connectivity index (χ0) is 24.2. The van der Waals surface area contributed by atoms with Crippen molar-refractivity contribution in [2.45, 2.75) is 25.7 Å². The number of nitrogens with zero attached hydrogens (tertiary/aromatic N) is 2. The van der Waals surface area contributed by atoms with Gasteiger partial charge in [0.2, 0.25) is 5.88 Å². The first-order valence-electron chi connectivity index (χ1n) is 9.99. The summed E-state index contributed by atoms with van der Waals surface area (Å²) >= 11 is 0. The monoisotopic (exact) mass is 463 g/mol. The SMILES string of the molecule is CCc1nc(-c2ccc(OC(F)(F)F)cc2OC)c(OC)nc1C(N)c1ccc(OC)cc1. The van der Waals surface area contributed by atoms with E-state index in [1.165, 1.54) is 26.4 Å². The molecule has 2 N–H and O–H groups in total. The lowest BCUT2D eigenvalue weighted by atomic mass is 10.0. The van der Waals surface area contributed by atoms with Crippen LogP contribution in [-0.4, -0.2) is 37.7 Å². The van der Waals surface area contributed by atoms with Gasteiger partial charge in [-0.15, -0.1) is 13.2 Å². The zero-order valence-electron chi connectivity index (χ0n) is 18.6. The van der Waals surface area contributed by atoms with E-state index in [0.717, 1.165) is 11.6 Å². The maximum absolute atomic E-state index is 12.6. The van der Waals surface area contributed by atoms with E-state index in [4.69, 9.17) is 24.9 Å². The van der Waals surface area contributed by atoms with Crippen molar-refractivity contribution < 1.29 is 32.1 Å². The van der Waals surface area contributed by atoms with Gasteiger partial charge in [0.1, 0.15) is 22.9 Å². The lowest BCUT2D eigenvalue weighted by Gasteiger charge is -2.19. The van der Waals surface area contributed by atoms with Crippen molar-refractivity contribution in [3.63, 3.8) is 0 Å². The summed E-state index contributed by atoms with van der Waals surface area (Å²) in [7, 11) is 4.34. The van der Waals surface area contributed by atoms with Crippen LogP contribution in [0.3, 0.4) is 0 Å². The molecular formula is C23H24F3N3O4. The van der Waals surface area contributed by atoms with E-state index < -0.39 is 18.2 Å². The van der Waals surface area contributed by atoms with Gasteiger partial charge < -0.3 is 24.7 Å². The van der Waals surface area contributed by atoms with E-state index in [0.29, 0.717) is 34.8 Å². The van der Waals surface area contributed by atoms with E-state index in [9.17, 15) is 13.2 Å². The molecule has 2 aromatic carbocycles. The number of halogens is 3. The molecular weight excluding hydrogens is 439 g/mol. The van der Waals surface area contributed by atoms with Gasteiger partial charge in [0, 0.05) is 11.6 Å². The largest absolute Gasteiger partial charge is 0.573 e. The van der Waals surface area contributed by atoms with Gasteiger partial charge >= 0.3 is 6.36 Å². The number of alkyl halides is 3. The Morgan fingerprint density at radius 1 is 0.909 bits per heavy atom. The molecule has 1 aromatic heterocycles. The molecule has 0 bridgehead atoms. The number of hydrogen-bond acceptors (Lipinski definition) is 7. The molecule has 3 rings (SSSR count). The second kappa shape index (κ2) is 9.95. The highest BCUT2D eigenvalue weighted by Gasteiger charge is 2.31. The van der Waals surface area contributed by atoms with Gasteiger partial charge in [-0.2, -0.15) is 0 Å². The van der Waals surface area contributed by atoms with Crippen LogP contribution in [0.4, 0.5) is 13.2 Å². The van der Waals surface area contributed by atoms with Crippen LogP contribution in [0.2, 0.25) is 0 Å². The van der Waals surface area contributed by atoms with Gasteiger partial charge in [0.25, 0.3) is 0 Å². The minimum absolute atomic E-state index is 0.124. The summed E-state index contributed by atoms with van der Waals surface area (Å²) in [6.07, 6.45) is -4.31. The number of benzene rings is 2. The second-order valence-corrected chi connectivity index (χ2v) is 6.93. The first-order chi connectivity index (χ1) is 15.7. The van der Waals surface area contributed by atoms with Crippen molar-refractivity contribution in [2.24, 2.45) is 5.73 Å². The molecule has 1 heterocycles. The highest BCUT2D eigenvalue weighted by molar-refractivity contribution is 5.72. The third kappa shape index (κ3) is 5.46. The Kier molecular flexibility index (Phi) is 7.27. The minimum Gasteiger partial charge on any atom is -0.497 e. The van der Waals surface area contributed by atoms with E-state index in [1.807, 2.05) is 19.1 Å². The van der Waals surface area contributed by atoms with Gasteiger partial charge in [-0.1, -0.05) is 19.1 Å². The van der Waals surface area contributed by atoms with Gasteiger partial charge in [-0.3, -0.25) is 0 Å². The van der Waals surface area contributed by atoms with Gasteiger partial charge in [-0.05, 0) is 36.2 Å². The van der Waals surface area contributed by atoms with Gasteiger partial charge in [0.05, 0.1) is 38.8 Å². The topological polar surface area (TPSA) is 88.7 Å². The van der Waals surface area contributed by atoms with E-state index >= 15 is 0 Å². The standard InChI is InChI=1S/C23H24F3N3O4/c1-5-17-21(19(27)13-6-8-14(30-2)9-7-13)29-22(32-4)20(28-17)16-11-10-15(12-18(16)31-3)33-23(24,25)26/h6-12,19H,5,27H2,1-4H3. The summed E-state index contributed by atoms with van der Waals surface area (Å²) in [5.41, 5.74) is 9.15. The Hall–Kier alpha value is -3.53. The van der Waals surface area contributed by atoms with Gasteiger partial charge in [0.15, 0.2) is 0 Å². The van der Waals surface area contributed by atoms with E-state index in [1.54, 1.807) is 19.2 Å². The van der Waals surface area contributed by atoms with Crippen LogP contribution in [0.25, 0.3) is 11.3 Å². The summed E-state index contributed by atoms with van der Waals surface area (Å²) < 4.78 is 57.7. The quantitative estimate of drug-likeness (QED) is 0.519. The van der Waals surface area contributed by atoms with Crippen LogP contribution < -0.4 is 24.7 Å². The molecule has 7 nitrogen and oxygen atoms in total. The second-order valence-electron chi connectivity index (χ2n) is 6.93. The third-order valence-electron chi connectivity index (χ3n) is 4.93. The molecule has 0 amide bonds. The smallest absolute Gasteiger partial charge is 0.497 e. The maximum Gasteiger partial charge on any atom is 0.573 e. The number of ether oxygens (including phenoxy) is 4. The number of hydrogen-bond donors (Lipinski definition) is 1. The molecule has 176 valence electrons. The highest BCUT2D eigenvalue weighted by atomic mass is 19.4. The molecule has 33 heavy (non-hydrogen) atoms. The molecule has 10 heteroatoms. The third-order valence-corrected chi connectivity index (χ3v) is 4.93. The van der Waals surface area contributed by atoms with Crippen molar-refractivity contribution in [2.75, 3.05) is 21.3 Å². The molecule has 0 radical (unpaired) electrons. The Labute approximate surface area is 189 Å². The van der Waals surface area contributed by atoms with Crippen molar-refractivity contribution >= 4 is 0 Å². The van der Waals surface area contributed by atoms with Crippen LogP contribution in [-0.2, 0) is 6.42 Å². The molecule has 0 aliphatic carbocycles. The fourth-order valence-electron chi connectivity index (χ4n) is 3.33. The molecule has 0 aliphatic rings. The predicted molar refractivity (Wildman–Crippen MR) is 116 cm³/mol. The molecule has 0 spiro atoms. The fourth-order valence-corrected chi connectivity index (χ4v) is 3.33. The van der Waals surface area contributed by atoms with Crippen LogP contribution in [0.1, 0.15) is 29.9 Å². The maximum atomic E-state index is 12.6.